The molecule has 2 aliphatic heterocycles. The Morgan fingerprint density at radius 2 is 2.37 bits per heavy atom. The van der Waals surface area contributed by atoms with E-state index < -0.39 is 13.0 Å². The van der Waals surface area contributed by atoms with Gasteiger partial charge in [0.25, 0.3) is 5.91 Å². The highest BCUT2D eigenvalue weighted by Crippen LogP contribution is 2.32. The molecule has 1 saturated heterocycles. The molecule has 0 aliphatic carbocycles. The molecule has 2 aliphatic rings. The molecule has 0 saturated carbocycles. The van der Waals surface area contributed by atoms with Gasteiger partial charge in [-0.1, -0.05) is 6.07 Å². The molecular weight excluding hydrogens is 349 g/mol. The summed E-state index contributed by atoms with van der Waals surface area (Å²) < 4.78 is 12.4. The number of anilines is 2. The fraction of sp³-hybridized carbons (Fsp3) is 0.353. The topological polar surface area (TPSA) is 135 Å². The number of fused-ring (bicyclic) bond motifs is 1. The summed E-state index contributed by atoms with van der Waals surface area (Å²) in [7, 11) is -0.843. The number of hydrogen-bond acceptors (Lipinski definition) is 7. The summed E-state index contributed by atoms with van der Waals surface area (Å²) >= 11 is 0. The summed E-state index contributed by atoms with van der Waals surface area (Å²) in [4.78, 5) is 11.9. The van der Waals surface area contributed by atoms with Crippen LogP contribution in [0.3, 0.4) is 0 Å². The average Bonchev–Trinajstić information content (AvgIpc) is 3.24. The average molecular weight is 367 g/mol. The monoisotopic (exact) mass is 367 g/mol. The van der Waals surface area contributed by atoms with E-state index in [4.69, 9.17) is 15.1 Å². The van der Waals surface area contributed by atoms with Crippen LogP contribution in [-0.4, -0.2) is 41.0 Å². The van der Waals surface area contributed by atoms with Crippen molar-refractivity contribution >= 4 is 24.5 Å². The number of amides is 1. The van der Waals surface area contributed by atoms with Gasteiger partial charge in [0.1, 0.15) is 11.3 Å². The number of nitrogens with one attached hydrogen (secondary N) is 1. The van der Waals surface area contributed by atoms with Crippen LogP contribution in [0.2, 0.25) is 0 Å². The highest BCUT2D eigenvalue weighted by atomic mass is 16.5. The molecule has 4 rings (SSSR count). The van der Waals surface area contributed by atoms with Crippen LogP contribution < -0.4 is 15.7 Å². The first kappa shape index (κ1) is 17.4. The predicted molar refractivity (Wildman–Crippen MR) is 96.4 cm³/mol. The molecule has 27 heavy (non-hydrogen) atoms. The van der Waals surface area contributed by atoms with Crippen LogP contribution in [0.25, 0.3) is 0 Å². The molecular formula is C17H18BN5O4. The Morgan fingerprint density at radius 1 is 1.52 bits per heavy atom. The normalized spacial score (nSPS) is 21.3. The highest BCUT2D eigenvalue weighted by Gasteiger charge is 2.30. The molecule has 2 atom stereocenters. The zero-order chi connectivity index (χ0) is 19.0. The number of rotatable bonds is 4. The Balaban J connectivity index is 1.63. The van der Waals surface area contributed by atoms with Crippen LogP contribution in [0.1, 0.15) is 28.4 Å². The van der Waals surface area contributed by atoms with E-state index >= 15 is 0 Å². The SMILES string of the molecule is N#C[C@@H]1CCOC[C@H]1n1cc(C(N)=O)c(Nc2ccc3c(c2)OB(O)C3)n1. The van der Waals surface area contributed by atoms with Crippen molar-refractivity contribution < 1.29 is 19.2 Å². The minimum Gasteiger partial charge on any atom is -0.536 e. The number of benzene rings is 1. The summed E-state index contributed by atoms with van der Waals surface area (Å²) in [5, 5.41) is 26.5. The lowest BCUT2D eigenvalue weighted by Gasteiger charge is -2.26. The third-order valence-electron chi connectivity index (χ3n) is 4.82. The van der Waals surface area contributed by atoms with Gasteiger partial charge in [-0.15, -0.1) is 0 Å². The second-order valence-electron chi connectivity index (χ2n) is 6.63. The van der Waals surface area contributed by atoms with E-state index in [0.717, 1.165) is 5.56 Å². The summed E-state index contributed by atoms with van der Waals surface area (Å²) in [6.45, 7) is 0.882. The van der Waals surface area contributed by atoms with Gasteiger partial charge in [0, 0.05) is 30.9 Å². The van der Waals surface area contributed by atoms with Gasteiger partial charge in [0.05, 0.1) is 24.6 Å². The quantitative estimate of drug-likeness (QED) is 0.680. The molecule has 2 aromatic rings. The number of aromatic nitrogens is 2. The minimum absolute atomic E-state index is 0.221. The molecule has 0 bridgehead atoms. The summed E-state index contributed by atoms with van der Waals surface area (Å²) in [6.07, 6.45) is 2.59. The van der Waals surface area contributed by atoms with E-state index in [1.54, 1.807) is 16.9 Å². The molecule has 0 spiro atoms. The number of carbonyl (C=O) groups is 1. The summed E-state index contributed by atoms with van der Waals surface area (Å²) in [5.74, 6) is 0.00460. The fourth-order valence-electron chi connectivity index (χ4n) is 3.39. The lowest BCUT2D eigenvalue weighted by atomic mass is 9.85. The first-order chi connectivity index (χ1) is 13.0. The molecule has 0 unspecified atom stereocenters. The van der Waals surface area contributed by atoms with Gasteiger partial charge in [-0.2, -0.15) is 10.4 Å². The van der Waals surface area contributed by atoms with Crippen molar-refractivity contribution in [2.75, 3.05) is 18.5 Å². The lowest BCUT2D eigenvalue weighted by molar-refractivity contribution is 0.0342. The second-order valence-corrected chi connectivity index (χ2v) is 6.63. The van der Waals surface area contributed by atoms with E-state index in [0.29, 0.717) is 43.2 Å². The molecule has 10 heteroatoms. The number of hydrogen-bond donors (Lipinski definition) is 3. The van der Waals surface area contributed by atoms with Gasteiger partial charge in [-0.25, -0.2) is 0 Å². The van der Waals surface area contributed by atoms with Gasteiger partial charge in [0.2, 0.25) is 0 Å². The standard InChI is InChI=1S/C17H18BN5O4/c19-7-11-3-4-26-9-14(11)23-8-13(16(20)24)17(22-23)21-12-2-1-10-6-18(25)27-15(10)5-12/h1-2,5,8,11,14,25H,3-4,6,9H2,(H2,20,24)(H,21,22)/t11-,14+/m0/s1. The second kappa shape index (κ2) is 6.94. The third-order valence-corrected chi connectivity index (χ3v) is 4.82. The molecule has 0 radical (unpaired) electrons. The van der Waals surface area contributed by atoms with Crippen molar-refractivity contribution in [3.8, 4) is 11.8 Å². The Morgan fingerprint density at radius 3 is 3.15 bits per heavy atom. The first-order valence-electron chi connectivity index (χ1n) is 8.66. The number of ether oxygens (including phenoxy) is 1. The maximum atomic E-state index is 11.9. The molecule has 3 heterocycles. The third kappa shape index (κ3) is 3.34. The molecule has 138 valence electrons. The zero-order valence-corrected chi connectivity index (χ0v) is 14.5. The number of nitrogens with two attached hydrogens (primary N) is 1. The molecule has 1 amide bonds. The minimum atomic E-state index is -0.843. The van der Waals surface area contributed by atoms with Crippen LogP contribution in [0.5, 0.6) is 5.75 Å². The van der Waals surface area contributed by atoms with E-state index in [2.05, 4.69) is 16.5 Å². The highest BCUT2D eigenvalue weighted by molar-refractivity contribution is 6.44. The van der Waals surface area contributed by atoms with Gasteiger partial charge in [-0.05, 0) is 18.1 Å². The van der Waals surface area contributed by atoms with Crippen LogP contribution in [-0.2, 0) is 11.1 Å². The Labute approximate surface area is 155 Å². The Kier molecular flexibility index (Phi) is 4.47. The Hall–Kier alpha value is -3.03. The number of carbonyl (C=O) groups excluding carboxylic acids is 1. The van der Waals surface area contributed by atoms with Gasteiger partial charge < -0.3 is 25.5 Å². The maximum absolute atomic E-state index is 11.9. The molecule has 4 N–H and O–H groups in total. The first-order valence-corrected chi connectivity index (χ1v) is 8.66. The maximum Gasteiger partial charge on any atom is 0.527 e. The smallest absolute Gasteiger partial charge is 0.527 e. The van der Waals surface area contributed by atoms with Crippen molar-refractivity contribution in [1.29, 1.82) is 5.26 Å². The van der Waals surface area contributed by atoms with Crippen molar-refractivity contribution in [2.45, 2.75) is 18.8 Å². The molecule has 9 nitrogen and oxygen atoms in total. The number of nitrogens with zero attached hydrogens (tertiary/aromatic N) is 3. The van der Waals surface area contributed by atoms with Crippen LogP contribution in [0.4, 0.5) is 11.5 Å². The molecule has 1 fully saturated rings. The molecule has 1 aromatic heterocycles. The molecule has 1 aromatic carbocycles. The summed E-state index contributed by atoms with van der Waals surface area (Å²) in [5.41, 5.74) is 7.27. The van der Waals surface area contributed by atoms with Gasteiger partial charge in [-0.3, -0.25) is 9.48 Å². The fourth-order valence-corrected chi connectivity index (χ4v) is 3.39. The van der Waals surface area contributed by atoms with E-state index in [9.17, 15) is 15.1 Å². The van der Waals surface area contributed by atoms with Gasteiger partial charge in [0.15, 0.2) is 5.82 Å². The van der Waals surface area contributed by atoms with Gasteiger partial charge >= 0.3 is 7.12 Å². The van der Waals surface area contributed by atoms with E-state index in [1.165, 1.54) is 0 Å². The van der Waals surface area contributed by atoms with Crippen LogP contribution >= 0.6 is 0 Å². The largest absolute Gasteiger partial charge is 0.536 e. The Bertz CT molecular complexity index is 925. The number of primary amides is 1. The van der Waals surface area contributed by atoms with Crippen molar-refractivity contribution in [2.24, 2.45) is 11.7 Å². The number of nitriles is 1. The zero-order valence-electron chi connectivity index (χ0n) is 14.5. The van der Waals surface area contributed by atoms with Crippen molar-refractivity contribution in [3.05, 3.63) is 35.5 Å². The van der Waals surface area contributed by atoms with E-state index in [-0.39, 0.29) is 17.5 Å². The van der Waals surface area contributed by atoms with E-state index in [1.807, 2.05) is 12.1 Å². The van der Waals surface area contributed by atoms with Crippen LogP contribution in [0.15, 0.2) is 24.4 Å². The summed E-state index contributed by atoms with van der Waals surface area (Å²) in [6, 6.07) is 7.38. The van der Waals surface area contributed by atoms with Crippen LogP contribution in [0, 0.1) is 17.2 Å². The lowest BCUT2D eigenvalue weighted by Crippen LogP contribution is -2.29. The van der Waals surface area contributed by atoms with Crippen molar-refractivity contribution in [3.63, 3.8) is 0 Å². The predicted octanol–water partition coefficient (Wildman–Crippen LogP) is 0.781. The van der Waals surface area contributed by atoms with Crippen molar-refractivity contribution in [1.82, 2.24) is 9.78 Å².